The number of urea groups is 1. The minimum atomic E-state index is -0.795. The quantitative estimate of drug-likeness (QED) is 0.742. The first-order valence-electron chi connectivity index (χ1n) is 10.5. The molecule has 4 heteroatoms. The third kappa shape index (κ3) is 3.68. The second-order valence-electron chi connectivity index (χ2n) is 8.14. The van der Waals surface area contributed by atoms with Crippen LogP contribution in [0.3, 0.4) is 0 Å². The van der Waals surface area contributed by atoms with Crippen LogP contribution in [0, 0.1) is 0 Å². The molecule has 0 aliphatic heterocycles. The van der Waals surface area contributed by atoms with E-state index in [1.807, 2.05) is 12.1 Å². The summed E-state index contributed by atoms with van der Waals surface area (Å²) in [5.74, 6) is 0.494. The third-order valence-corrected chi connectivity index (χ3v) is 6.38. The fourth-order valence-corrected chi connectivity index (χ4v) is 5.19. The fourth-order valence-electron chi connectivity index (χ4n) is 5.19. The molecule has 2 saturated carbocycles. The molecule has 2 aromatic carbocycles. The highest BCUT2D eigenvalue weighted by Crippen LogP contribution is 2.47. The summed E-state index contributed by atoms with van der Waals surface area (Å²) in [6, 6.07) is 13.6. The van der Waals surface area contributed by atoms with E-state index in [2.05, 4.69) is 35.6 Å². The van der Waals surface area contributed by atoms with E-state index in [-0.39, 0.29) is 5.91 Å². The smallest absolute Gasteiger partial charge is 0.319 e. The molecule has 0 spiro atoms. The van der Waals surface area contributed by atoms with Crippen LogP contribution in [0.15, 0.2) is 42.5 Å². The van der Waals surface area contributed by atoms with Gasteiger partial charge in [0.15, 0.2) is 0 Å². The molecular weight excluding hydrogens is 348 g/mol. The number of amides is 3. The fraction of sp³-hybridized carbons (Fsp3) is 0.417. The summed E-state index contributed by atoms with van der Waals surface area (Å²) in [5, 5.41) is 2.30. The molecule has 3 amide bonds. The Balaban J connectivity index is 1.92. The van der Waals surface area contributed by atoms with Gasteiger partial charge >= 0.3 is 6.03 Å². The zero-order valence-corrected chi connectivity index (χ0v) is 16.2. The summed E-state index contributed by atoms with van der Waals surface area (Å²) in [4.78, 5) is 24.2. The zero-order valence-electron chi connectivity index (χ0n) is 16.2. The van der Waals surface area contributed by atoms with E-state index in [4.69, 9.17) is 5.73 Å². The van der Waals surface area contributed by atoms with Gasteiger partial charge in [-0.2, -0.15) is 0 Å². The first kappa shape index (κ1) is 18.7. The van der Waals surface area contributed by atoms with Gasteiger partial charge in [-0.25, -0.2) is 4.79 Å². The van der Waals surface area contributed by atoms with Crippen molar-refractivity contribution in [2.75, 3.05) is 0 Å². The molecule has 2 aliphatic rings. The van der Waals surface area contributed by atoms with Gasteiger partial charge in [0, 0.05) is 5.56 Å². The van der Waals surface area contributed by atoms with Crippen LogP contribution in [-0.4, -0.2) is 11.9 Å². The molecule has 0 unspecified atom stereocenters. The lowest BCUT2D eigenvalue weighted by Crippen LogP contribution is -2.35. The summed E-state index contributed by atoms with van der Waals surface area (Å²) < 4.78 is 0. The summed E-state index contributed by atoms with van der Waals surface area (Å²) >= 11 is 0. The molecule has 2 fully saturated rings. The topological polar surface area (TPSA) is 72.2 Å². The zero-order chi connectivity index (χ0) is 19.5. The molecule has 2 aliphatic carbocycles. The van der Waals surface area contributed by atoms with Crippen LogP contribution < -0.4 is 11.1 Å². The van der Waals surface area contributed by atoms with E-state index in [1.165, 1.54) is 60.8 Å². The average molecular weight is 377 g/mol. The largest absolute Gasteiger partial charge is 0.351 e. The predicted octanol–water partition coefficient (Wildman–Crippen LogP) is 5.48. The van der Waals surface area contributed by atoms with Crippen LogP contribution in [0.25, 0.3) is 11.1 Å². The molecule has 0 radical (unpaired) electrons. The van der Waals surface area contributed by atoms with Crippen molar-refractivity contribution < 1.29 is 9.59 Å². The van der Waals surface area contributed by atoms with Gasteiger partial charge in [0.25, 0.3) is 5.91 Å². The number of carbonyl (C=O) groups excluding carboxylic acids is 2. The number of primary amides is 1. The first-order chi connectivity index (χ1) is 13.6. The number of rotatable bonds is 4. The lowest BCUT2D eigenvalue weighted by Gasteiger charge is -2.26. The van der Waals surface area contributed by atoms with Crippen molar-refractivity contribution in [1.29, 1.82) is 0 Å². The lowest BCUT2D eigenvalue weighted by atomic mass is 9.78. The van der Waals surface area contributed by atoms with Gasteiger partial charge in [-0.1, -0.05) is 62.1 Å². The SMILES string of the molecule is NC(=O)NC(=O)c1ccc(-c2ccccc2)c(C2CCCC2)c1C1CCCC1. The van der Waals surface area contributed by atoms with E-state index < -0.39 is 6.03 Å². The molecule has 28 heavy (non-hydrogen) atoms. The highest BCUT2D eigenvalue weighted by Gasteiger charge is 2.32. The predicted molar refractivity (Wildman–Crippen MR) is 111 cm³/mol. The van der Waals surface area contributed by atoms with E-state index in [9.17, 15) is 9.59 Å². The normalized spacial score (nSPS) is 17.7. The molecule has 0 saturated heterocycles. The van der Waals surface area contributed by atoms with Crippen molar-refractivity contribution in [2.45, 2.75) is 63.2 Å². The first-order valence-corrected chi connectivity index (χ1v) is 10.5. The molecule has 0 bridgehead atoms. The van der Waals surface area contributed by atoms with Crippen LogP contribution in [-0.2, 0) is 0 Å². The molecular formula is C24H28N2O2. The van der Waals surface area contributed by atoms with Gasteiger partial charge in [-0.3, -0.25) is 10.1 Å². The summed E-state index contributed by atoms with van der Waals surface area (Å²) in [5.41, 5.74) is 10.8. The van der Waals surface area contributed by atoms with Gasteiger partial charge in [0.2, 0.25) is 0 Å². The van der Waals surface area contributed by atoms with Crippen molar-refractivity contribution in [3.8, 4) is 11.1 Å². The highest BCUT2D eigenvalue weighted by molar-refractivity contribution is 6.05. The number of hydrogen-bond donors (Lipinski definition) is 2. The van der Waals surface area contributed by atoms with Crippen LogP contribution in [0.2, 0.25) is 0 Å². The van der Waals surface area contributed by atoms with Crippen molar-refractivity contribution in [3.05, 3.63) is 59.2 Å². The molecule has 146 valence electrons. The highest BCUT2D eigenvalue weighted by atomic mass is 16.2. The Kier molecular flexibility index (Phi) is 5.47. The summed E-state index contributed by atoms with van der Waals surface area (Å²) in [6.45, 7) is 0. The Morgan fingerprint density at radius 3 is 1.93 bits per heavy atom. The standard InChI is InChI=1S/C24H28N2O2/c25-24(28)26-23(27)20-15-14-19(16-8-2-1-3-9-16)21(17-10-4-5-11-17)22(20)18-12-6-7-13-18/h1-3,8-9,14-15,17-18H,4-7,10-13H2,(H3,25,26,27,28). The Bertz CT molecular complexity index is 864. The number of imide groups is 1. The molecule has 0 atom stereocenters. The minimum Gasteiger partial charge on any atom is -0.351 e. The minimum absolute atomic E-state index is 0.367. The number of nitrogens with one attached hydrogen (secondary N) is 1. The van der Waals surface area contributed by atoms with Gasteiger partial charge in [0.05, 0.1) is 0 Å². The van der Waals surface area contributed by atoms with Crippen molar-refractivity contribution in [3.63, 3.8) is 0 Å². The molecule has 0 heterocycles. The number of hydrogen-bond acceptors (Lipinski definition) is 2. The average Bonchev–Trinajstić information content (AvgIpc) is 3.41. The Labute approximate surface area is 166 Å². The maximum atomic E-state index is 12.8. The van der Waals surface area contributed by atoms with Gasteiger partial charge in [0.1, 0.15) is 0 Å². The second-order valence-corrected chi connectivity index (χ2v) is 8.14. The van der Waals surface area contributed by atoms with Crippen LogP contribution in [0.4, 0.5) is 4.79 Å². The summed E-state index contributed by atoms with van der Waals surface area (Å²) in [6.07, 6.45) is 9.41. The van der Waals surface area contributed by atoms with Gasteiger partial charge < -0.3 is 5.73 Å². The van der Waals surface area contributed by atoms with Crippen LogP contribution >= 0.6 is 0 Å². The van der Waals surface area contributed by atoms with Crippen molar-refractivity contribution >= 4 is 11.9 Å². The monoisotopic (exact) mass is 376 g/mol. The van der Waals surface area contributed by atoms with E-state index in [0.717, 1.165) is 12.8 Å². The third-order valence-electron chi connectivity index (χ3n) is 6.38. The maximum Gasteiger partial charge on any atom is 0.319 e. The molecule has 0 aromatic heterocycles. The Morgan fingerprint density at radius 1 is 0.786 bits per heavy atom. The second kappa shape index (κ2) is 8.17. The van der Waals surface area contributed by atoms with Crippen molar-refractivity contribution in [1.82, 2.24) is 5.32 Å². The molecule has 4 nitrogen and oxygen atoms in total. The van der Waals surface area contributed by atoms with Gasteiger partial charge in [-0.05, 0) is 65.8 Å². The molecule has 2 aromatic rings. The Hall–Kier alpha value is -2.62. The van der Waals surface area contributed by atoms with Crippen LogP contribution in [0.5, 0.6) is 0 Å². The van der Waals surface area contributed by atoms with Crippen LogP contribution in [0.1, 0.15) is 84.7 Å². The van der Waals surface area contributed by atoms with E-state index in [1.54, 1.807) is 0 Å². The number of benzene rings is 2. The van der Waals surface area contributed by atoms with Crippen molar-refractivity contribution in [2.24, 2.45) is 5.73 Å². The number of carbonyl (C=O) groups is 2. The molecule has 3 N–H and O–H groups in total. The Morgan fingerprint density at radius 2 is 1.36 bits per heavy atom. The molecule has 4 rings (SSSR count). The lowest BCUT2D eigenvalue weighted by molar-refractivity contribution is 0.0964. The van der Waals surface area contributed by atoms with E-state index in [0.29, 0.717) is 17.4 Å². The maximum absolute atomic E-state index is 12.8. The van der Waals surface area contributed by atoms with Gasteiger partial charge in [-0.15, -0.1) is 0 Å². The van der Waals surface area contributed by atoms with E-state index >= 15 is 0 Å². The number of nitrogens with two attached hydrogens (primary N) is 1. The summed E-state index contributed by atoms with van der Waals surface area (Å²) in [7, 11) is 0.